The molecule has 1 unspecified atom stereocenters. The number of aromatic nitrogens is 2. The third-order valence-corrected chi connectivity index (χ3v) is 3.26. The van der Waals surface area contributed by atoms with Crippen LogP contribution in [0, 0.1) is 0 Å². The Morgan fingerprint density at radius 3 is 2.71 bits per heavy atom. The van der Waals surface area contributed by atoms with E-state index in [-0.39, 0.29) is 5.78 Å². The van der Waals surface area contributed by atoms with Gasteiger partial charge in [-0.05, 0) is 32.8 Å². The fourth-order valence-corrected chi connectivity index (χ4v) is 1.85. The van der Waals surface area contributed by atoms with Gasteiger partial charge in [-0.25, -0.2) is 0 Å². The lowest BCUT2D eigenvalue weighted by Gasteiger charge is -2.26. The van der Waals surface area contributed by atoms with E-state index in [0.29, 0.717) is 19.4 Å². The molecule has 1 atom stereocenters. The Morgan fingerprint density at radius 2 is 2.24 bits per heavy atom. The second kappa shape index (κ2) is 5.96. The van der Waals surface area contributed by atoms with Crippen LogP contribution in [0.25, 0.3) is 0 Å². The zero-order chi connectivity index (χ0) is 12.9. The summed E-state index contributed by atoms with van der Waals surface area (Å²) in [5.41, 5.74) is 0.446. The smallest absolute Gasteiger partial charge is 0.164 e. The molecule has 17 heavy (non-hydrogen) atoms. The highest BCUT2D eigenvalue weighted by molar-refractivity contribution is 5.87. The summed E-state index contributed by atoms with van der Waals surface area (Å²) in [5, 5.41) is 4.09. The number of Topliss-reactive ketones (excluding diaryl/α,β-unsaturated/α-hetero) is 1. The fourth-order valence-electron chi connectivity index (χ4n) is 1.85. The van der Waals surface area contributed by atoms with Crippen LogP contribution in [0.5, 0.6) is 0 Å². The molecule has 0 spiro atoms. The van der Waals surface area contributed by atoms with Gasteiger partial charge < -0.3 is 4.74 Å². The lowest BCUT2D eigenvalue weighted by Crippen LogP contribution is -2.38. The van der Waals surface area contributed by atoms with Gasteiger partial charge in [0.25, 0.3) is 0 Å². The van der Waals surface area contributed by atoms with Gasteiger partial charge in [-0.2, -0.15) is 5.10 Å². The Morgan fingerprint density at radius 1 is 1.53 bits per heavy atom. The first-order valence-corrected chi connectivity index (χ1v) is 6.17. The molecular formula is C13H22N2O2. The first kappa shape index (κ1) is 13.9. The van der Waals surface area contributed by atoms with E-state index in [1.807, 2.05) is 33.9 Å². The van der Waals surface area contributed by atoms with Gasteiger partial charge in [-0.1, -0.05) is 6.92 Å². The van der Waals surface area contributed by atoms with Crippen LogP contribution in [-0.2, 0) is 23.0 Å². The van der Waals surface area contributed by atoms with Crippen molar-refractivity contribution in [2.24, 2.45) is 7.05 Å². The molecule has 96 valence electrons. The molecule has 0 amide bonds. The molecular weight excluding hydrogens is 216 g/mol. The molecule has 1 rings (SSSR count). The highest BCUT2D eigenvalue weighted by Crippen LogP contribution is 2.19. The Hall–Kier alpha value is -1.16. The predicted molar refractivity (Wildman–Crippen MR) is 66.9 cm³/mol. The van der Waals surface area contributed by atoms with Crippen molar-refractivity contribution in [3.8, 4) is 0 Å². The van der Waals surface area contributed by atoms with Gasteiger partial charge in [0.2, 0.25) is 0 Å². The topological polar surface area (TPSA) is 44.1 Å². The molecule has 0 radical (unpaired) electrons. The molecule has 0 saturated heterocycles. The SMILES string of the molecule is CCOC(C)(CC)C(=O)CCc1ccnn1C. The summed E-state index contributed by atoms with van der Waals surface area (Å²) < 4.78 is 7.37. The fraction of sp³-hybridized carbons (Fsp3) is 0.692. The van der Waals surface area contributed by atoms with Crippen LogP contribution in [-0.4, -0.2) is 27.8 Å². The number of carbonyl (C=O) groups is 1. The molecule has 0 aliphatic heterocycles. The van der Waals surface area contributed by atoms with Crippen molar-refractivity contribution in [2.45, 2.75) is 45.6 Å². The maximum absolute atomic E-state index is 12.1. The second-order valence-corrected chi connectivity index (χ2v) is 4.39. The number of carbonyl (C=O) groups excluding carboxylic acids is 1. The van der Waals surface area contributed by atoms with E-state index in [2.05, 4.69) is 5.10 Å². The maximum atomic E-state index is 12.1. The molecule has 1 heterocycles. The standard InChI is InChI=1S/C13H22N2O2/c1-5-13(3,17-6-2)12(16)8-7-11-9-10-14-15(11)4/h9-10H,5-8H2,1-4H3. The van der Waals surface area contributed by atoms with Gasteiger partial charge in [-0.15, -0.1) is 0 Å². The van der Waals surface area contributed by atoms with Crippen molar-refractivity contribution in [1.29, 1.82) is 0 Å². The van der Waals surface area contributed by atoms with E-state index in [4.69, 9.17) is 4.74 Å². The van der Waals surface area contributed by atoms with E-state index in [0.717, 1.165) is 12.1 Å². The molecule has 0 aliphatic carbocycles. The van der Waals surface area contributed by atoms with Crippen LogP contribution in [0.4, 0.5) is 0 Å². The summed E-state index contributed by atoms with van der Waals surface area (Å²) in [6.45, 7) is 6.35. The van der Waals surface area contributed by atoms with Crippen molar-refractivity contribution < 1.29 is 9.53 Å². The first-order chi connectivity index (χ1) is 8.03. The molecule has 4 nitrogen and oxygen atoms in total. The van der Waals surface area contributed by atoms with Crippen molar-refractivity contribution in [3.63, 3.8) is 0 Å². The minimum Gasteiger partial charge on any atom is -0.368 e. The largest absolute Gasteiger partial charge is 0.368 e. The number of hydrogen-bond acceptors (Lipinski definition) is 3. The van der Waals surface area contributed by atoms with Gasteiger partial charge in [0, 0.05) is 32.0 Å². The van der Waals surface area contributed by atoms with Crippen LogP contribution in [0.3, 0.4) is 0 Å². The predicted octanol–water partition coefficient (Wildman–Crippen LogP) is 2.13. The van der Waals surface area contributed by atoms with Crippen LogP contribution in [0.1, 0.15) is 39.3 Å². The van der Waals surface area contributed by atoms with Crippen LogP contribution < -0.4 is 0 Å². The minimum atomic E-state index is -0.632. The summed E-state index contributed by atoms with van der Waals surface area (Å²) in [6.07, 6.45) is 3.69. The second-order valence-electron chi connectivity index (χ2n) is 4.39. The van der Waals surface area contributed by atoms with Gasteiger partial charge in [-0.3, -0.25) is 9.48 Å². The van der Waals surface area contributed by atoms with E-state index in [1.54, 1.807) is 10.9 Å². The summed E-state index contributed by atoms with van der Waals surface area (Å²) >= 11 is 0. The van der Waals surface area contributed by atoms with E-state index in [1.165, 1.54) is 0 Å². The first-order valence-electron chi connectivity index (χ1n) is 6.17. The zero-order valence-corrected chi connectivity index (χ0v) is 11.2. The van der Waals surface area contributed by atoms with E-state index in [9.17, 15) is 4.79 Å². The maximum Gasteiger partial charge on any atom is 0.164 e. The Labute approximate surface area is 103 Å². The van der Waals surface area contributed by atoms with E-state index >= 15 is 0 Å². The molecule has 4 heteroatoms. The summed E-state index contributed by atoms with van der Waals surface area (Å²) in [7, 11) is 1.89. The Bertz CT molecular complexity index is 373. The average molecular weight is 238 g/mol. The normalized spacial score (nSPS) is 14.6. The lowest BCUT2D eigenvalue weighted by molar-refractivity contribution is -0.142. The van der Waals surface area contributed by atoms with E-state index < -0.39 is 5.60 Å². The number of rotatable bonds is 7. The molecule has 1 aromatic heterocycles. The lowest BCUT2D eigenvalue weighted by atomic mass is 9.93. The van der Waals surface area contributed by atoms with Crippen molar-refractivity contribution in [1.82, 2.24) is 9.78 Å². The van der Waals surface area contributed by atoms with Crippen molar-refractivity contribution in [2.75, 3.05) is 6.61 Å². The quantitative estimate of drug-likeness (QED) is 0.731. The van der Waals surface area contributed by atoms with Crippen molar-refractivity contribution >= 4 is 5.78 Å². The zero-order valence-electron chi connectivity index (χ0n) is 11.2. The molecule has 0 aliphatic rings. The monoisotopic (exact) mass is 238 g/mol. The molecule has 0 N–H and O–H groups in total. The number of hydrogen-bond donors (Lipinski definition) is 0. The highest BCUT2D eigenvalue weighted by atomic mass is 16.5. The molecule has 0 fully saturated rings. The molecule has 0 saturated carbocycles. The van der Waals surface area contributed by atoms with Gasteiger partial charge in [0.05, 0.1) is 0 Å². The molecule has 0 aromatic carbocycles. The number of nitrogens with zero attached hydrogens (tertiary/aromatic N) is 2. The number of aryl methyl sites for hydroxylation is 2. The number of ether oxygens (including phenoxy) is 1. The van der Waals surface area contributed by atoms with Gasteiger partial charge in [0.15, 0.2) is 5.78 Å². The number of ketones is 1. The third-order valence-electron chi connectivity index (χ3n) is 3.26. The third kappa shape index (κ3) is 3.40. The van der Waals surface area contributed by atoms with Gasteiger partial charge >= 0.3 is 0 Å². The molecule has 1 aromatic rings. The molecule has 0 bridgehead atoms. The van der Waals surface area contributed by atoms with Crippen molar-refractivity contribution in [3.05, 3.63) is 18.0 Å². The minimum absolute atomic E-state index is 0.169. The van der Waals surface area contributed by atoms with Gasteiger partial charge in [0.1, 0.15) is 5.60 Å². The Kier molecular flexibility index (Phi) is 4.87. The Balaban J connectivity index is 2.57. The summed E-state index contributed by atoms with van der Waals surface area (Å²) in [5.74, 6) is 0.169. The average Bonchev–Trinajstić information content (AvgIpc) is 2.72. The highest BCUT2D eigenvalue weighted by Gasteiger charge is 2.30. The van der Waals surface area contributed by atoms with Crippen LogP contribution in [0.15, 0.2) is 12.3 Å². The van der Waals surface area contributed by atoms with Crippen LogP contribution >= 0.6 is 0 Å². The van der Waals surface area contributed by atoms with Crippen LogP contribution in [0.2, 0.25) is 0 Å². The summed E-state index contributed by atoms with van der Waals surface area (Å²) in [4.78, 5) is 12.1. The summed E-state index contributed by atoms with van der Waals surface area (Å²) in [6, 6.07) is 1.94.